The van der Waals surface area contributed by atoms with Crippen molar-refractivity contribution in [3.63, 3.8) is 0 Å². The van der Waals surface area contributed by atoms with Crippen LogP contribution in [-0.4, -0.2) is 24.5 Å². The van der Waals surface area contributed by atoms with Gasteiger partial charge in [0.15, 0.2) is 0 Å². The Morgan fingerprint density at radius 3 is 2.29 bits per heavy atom. The molecule has 2 nitrogen and oxygen atoms in total. The Labute approximate surface area is 105 Å². The highest BCUT2D eigenvalue weighted by atomic mass is 15.2. The Hall–Kier alpha value is -0.860. The topological polar surface area (TPSA) is 29.3 Å². The van der Waals surface area contributed by atoms with Gasteiger partial charge in [-0.1, -0.05) is 44.2 Å². The summed E-state index contributed by atoms with van der Waals surface area (Å²) in [5.41, 5.74) is 7.34. The summed E-state index contributed by atoms with van der Waals surface area (Å²) in [5.74, 6) is 1.58. The molecule has 0 spiro atoms. The second-order valence-corrected chi connectivity index (χ2v) is 5.56. The summed E-state index contributed by atoms with van der Waals surface area (Å²) in [7, 11) is 0. The van der Waals surface area contributed by atoms with E-state index in [4.69, 9.17) is 5.73 Å². The van der Waals surface area contributed by atoms with Gasteiger partial charge in [-0.15, -0.1) is 0 Å². The van der Waals surface area contributed by atoms with Crippen LogP contribution in [0.4, 0.5) is 0 Å². The van der Waals surface area contributed by atoms with Crippen molar-refractivity contribution >= 4 is 0 Å². The van der Waals surface area contributed by atoms with E-state index in [9.17, 15) is 0 Å². The predicted molar refractivity (Wildman–Crippen MR) is 72.8 cm³/mol. The van der Waals surface area contributed by atoms with Gasteiger partial charge in [-0.25, -0.2) is 0 Å². The lowest BCUT2D eigenvalue weighted by Gasteiger charge is -2.40. The Balaban J connectivity index is 2.13. The fraction of sp³-hybridized carbons (Fsp3) is 0.600. The number of nitrogens with zero attached hydrogens (tertiary/aromatic N) is 1. The van der Waals surface area contributed by atoms with E-state index in [1.165, 1.54) is 25.1 Å². The minimum absolute atomic E-state index is 0.390. The van der Waals surface area contributed by atoms with E-state index in [0.717, 1.165) is 11.8 Å². The lowest BCUT2D eigenvalue weighted by atomic mass is 9.90. The number of rotatable bonds is 3. The maximum absolute atomic E-state index is 5.98. The Bertz CT molecular complexity index is 326. The molecule has 1 aromatic carbocycles. The summed E-state index contributed by atoms with van der Waals surface area (Å²) in [4.78, 5) is 2.56. The van der Waals surface area contributed by atoms with Gasteiger partial charge in [0.1, 0.15) is 0 Å². The monoisotopic (exact) mass is 232 g/mol. The normalized spacial score (nSPS) is 27.9. The summed E-state index contributed by atoms with van der Waals surface area (Å²) in [6, 6.07) is 11.1. The van der Waals surface area contributed by atoms with Crippen molar-refractivity contribution < 1.29 is 0 Å². The van der Waals surface area contributed by atoms with Gasteiger partial charge in [0.05, 0.1) is 0 Å². The zero-order chi connectivity index (χ0) is 12.3. The Morgan fingerprint density at radius 2 is 1.76 bits per heavy atom. The van der Waals surface area contributed by atoms with Crippen LogP contribution in [0.5, 0.6) is 0 Å². The first-order valence-electron chi connectivity index (χ1n) is 6.69. The summed E-state index contributed by atoms with van der Waals surface area (Å²) in [5, 5.41) is 0. The third kappa shape index (κ3) is 3.08. The van der Waals surface area contributed by atoms with Gasteiger partial charge in [0.2, 0.25) is 0 Å². The molecular weight excluding hydrogens is 208 g/mol. The fourth-order valence-electron chi connectivity index (χ4n) is 3.14. The van der Waals surface area contributed by atoms with Gasteiger partial charge in [-0.2, -0.15) is 0 Å². The lowest BCUT2D eigenvalue weighted by Crippen LogP contribution is -2.43. The minimum atomic E-state index is 0.390. The molecule has 0 aromatic heterocycles. The summed E-state index contributed by atoms with van der Waals surface area (Å²) >= 11 is 0. The van der Waals surface area contributed by atoms with Crippen molar-refractivity contribution in [2.45, 2.75) is 26.3 Å². The van der Waals surface area contributed by atoms with E-state index in [0.29, 0.717) is 12.6 Å². The molecule has 0 saturated carbocycles. The summed E-state index contributed by atoms with van der Waals surface area (Å²) < 4.78 is 0. The molecule has 1 aliphatic rings. The fourth-order valence-corrected chi connectivity index (χ4v) is 3.14. The number of nitrogens with two attached hydrogens (primary N) is 1. The van der Waals surface area contributed by atoms with Gasteiger partial charge in [-0.05, 0) is 23.8 Å². The second kappa shape index (κ2) is 5.65. The van der Waals surface area contributed by atoms with Crippen LogP contribution in [0.1, 0.15) is 31.9 Å². The molecular formula is C15H24N2. The minimum Gasteiger partial charge on any atom is -0.329 e. The Kier molecular flexibility index (Phi) is 4.19. The summed E-state index contributed by atoms with van der Waals surface area (Å²) in [6.45, 7) is 7.77. The van der Waals surface area contributed by atoms with E-state index in [1.54, 1.807) is 0 Å². The molecule has 17 heavy (non-hydrogen) atoms. The first-order valence-corrected chi connectivity index (χ1v) is 6.69. The van der Waals surface area contributed by atoms with Crippen LogP contribution in [0.2, 0.25) is 0 Å². The quantitative estimate of drug-likeness (QED) is 0.868. The SMILES string of the molecule is C[C@@H]1C[C@H](C)CN(C(CN)c2ccccc2)C1. The molecule has 1 unspecified atom stereocenters. The summed E-state index contributed by atoms with van der Waals surface area (Å²) in [6.07, 6.45) is 1.35. The van der Waals surface area contributed by atoms with Gasteiger partial charge >= 0.3 is 0 Å². The lowest BCUT2D eigenvalue weighted by molar-refractivity contribution is 0.0984. The largest absolute Gasteiger partial charge is 0.329 e. The molecule has 1 saturated heterocycles. The highest BCUT2D eigenvalue weighted by Crippen LogP contribution is 2.28. The molecule has 1 aromatic rings. The van der Waals surface area contributed by atoms with E-state index >= 15 is 0 Å². The van der Waals surface area contributed by atoms with Crippen LogP contribution < -0.4 is 5.73 Å². The second-order valence-electron chi connectivity index (χ2n) is 5.56. The number of hydrogen-bond donors (Lipinski definition) is 1. The van der Waals surface area contributed by atoms with Crippen LogP contribution in [0, 0.1) is 11.8 Å². The number of likely N-dealkylation sites (tertiary alicyclic amines) is 1. The number of benzene rings is 1. The molecule has 1 aliphatic heterocycles. The third-order valence-corrected chi connectivity index (χ3v) is 3.75. The van der Waals surface area contributed by atoms with Crippen LogP contribution in [-0.2, 0) is 0 Å². The molecule has 94 valence electrons. The van der Waals surface area contributed by atoms with Crippen molar-refractivity contribution in [1.29, 1.82) is 0 Å². The predicted octanol–water partition coefficient (Wildman–Crippen LogP) is 2.66. The van der Waals surface area contributed by atoms with Crippen LogP contribution in [0.15, 0.2) is 30.3 Å². The van der Waals surface area contributed by atoms with E-state index in [1.807, 2.05) is 0 Å². The number of hydrogen-bond acceptors (Lipinski definition) is 2. The molecule has 2 heteroatoms. The zero-order valence-corrected chi connectivity index (χ0v) is 11.0. The maximum Gasteiger partial charge on any atom is 0.0470 e. The van der Waals surface area contributed by atoms with Crippen LogP contribution in [0.3, 0.4) is 0 Å². The van der Waals surface area contributed by atoms with Gasteiger partial charge in [-0.3, -0.25) is 4.90 Å². The van der Waals surface area contributed by atoms with Crippen molar-refractivity contribution in [3.05, 3.63) is 35.9 Å². The van der Waals surface area contributed by atoms with E-state index in [2.05, 4.69) is 49.1 Å². The molecule has 2 N–H and O–H groups in total. The van der Waals surface area contributed by atoms with Gasteiger partial charge in [0.25, 0.3) is 0 Å². The maximum atomic E-state index is 5.98. The smallest absolute Gasteiger partial charge is 0.0470 e. The highest BCUT2D eigenvalue weighted by molar-refractivity contribution is 5.19. The van der Waals surface area contributed by atoms with Crippen molar-refractivity contribution in [2.75, 3.05) is 19.6 Å². The van der Waals surface area contributed by atoms with E-state index in [-0.39, 0.29) is 0 Å². The van der Waals surface area contributed by atoms with Crippen molar-refractivity contribution in [2.24, 2.45) is 17.6 Å². The molecule has 0 bridgehead atoms. The van der Waals surface area contributed by atoms with Gasteiger partial charge in [0, 0.05) is 25.7 Å². The average Bonchev–Trinajstić information content (AvgIpc) is 2.30. The highest BCUT2D eigenvalue weighted by Gasteiger charge is 2.27. The molecule has 2 rings (SSSR count). The first-order chi connectivity index (χ1) is 8.20. The van der Waals surface area contributed by atoms with E-state index < -0.39 is 0 Å². The molecule has 0 radical (unpaired) electrons. The van der Waals surface area contributed by atoms with Crippen molar-refractivity contribution in [1.82, 2.24) is 4.90 Å². The molecule has 0 amide bonds. The van der Waals surface area contributed by atoms with Crippen LogP contribution in [0.25, 0.3) is 0 Å². The molecule has 1 heterocycles. The zero-order valence-electron chi connectivity index (χ0n) is 11.0. The third-order valence-electron chi connectivity index (χ3n) is 3.75. The average molecular weight is 232 g/mol. The standard InChI is InChI=1S/C15H24N2/c1-12-8-13(2)11-17(10-12)15(9-16)14-6-4-3-5-7-14/h3-7,12-13,15H,8-11,16H2,1-2H3/t12-,13+,15?. The molecule has 3 atom stereocenters. The van der Waals surface area contributed by atoms with Crippen LogP contribution >= 0.6 is 0 Å². The van der Waals surface area contributed by atoms with Crippen molar-refractivity contribution in [3.8, 4) is 0 Å². The number of piperidine rings is 1. The molecule has 1 fully saturated rings. The molecule has 0 aliphatic carbocycles. The van der Waals surface area contributed by atoms with Gasteiger partial charge < -0.3 is 5.73 Å². The first kappa shape index (κ1) is 12.6. The Morgan fingerprint density at radius 1 is 1.18 bits per heavy atom.